The summed E-state index contributed by atoms with van der Waals surface area (Å²) in [6.07, 6.45) is 1.29. The highest BCUT2D eigenvalue weighted by Crippen LogP contribution is 2.18. The van der Waals surface area contributed by atoms with E-state index in [9.17, 15) is 0 Å². The molecule has 1 atom stereocenters. The Kier molecular flexibility index (Phi) is 4.30. The zero-order valence-corrected chi connectivity index (χ0v) is 10.4. The van der Waals surface area contributed by atoms with Crippen LogP contribution in [0.2, 0.25) is 0 Å². The number of nitrogens with one attached hydrogen (secondary N) is 1. The Morgan fingerprint density at radius 1 is 1.58 bits per heavy atom. The van der Waals surface area contributed by atoms with Crippen LogP contribution in [0.15, 0.2) is 4.99 Å². The van der Waals surface area contributed by atoms with Gasteiger partial charge < -0.3 is 10.1 Å². The minimum atomic E-state index is 0. The van der Waals surface area contributed by atoms with E-state index < -0.39 is 0 Å². The SMILES string of the molecule is CN=C1NC(C)(C)CC(C)O1.I. The molecule has 1 unspecified atom stereocenters. The number of rotatable bonds is 0. The third-order valence-electron chi connectivity index (χ3n) is 1.76. The fraction of sp³-hybridized carbons (Fsp3) is 0.875. The molecule has 12 heavy (non-hydrogen) atoms. The van der Waals surface area contributed by atoms with Crippen LogP contribution in [-0.2, 0) is 4.74 Å². The fourth-order valence-corrected chi connectivity index (χ4v) is 1.43. The van der Waals surface area contributed by atoms with Gasteiger partial charge in [-0.05, 0) is 20.8 Å². The van der Waals surface area contributed by atoms with Crippen LogP contribution in [-0.4, -0.2) is 24.7 Å². The molecule has 0 bridgehead atoms. The monoisotopic (exact) mass is 284 g/mol. The molecule has 1 fully saturated rings. The van der Waals surface area contributed by atoms with Gasteiger partial charge in [0.05, 0.1) is 0 Å². The second kappa shape index (κ2) is 4.30. The molecule has 3 nitrogen and oxygen atoms in total. The van der Waals surface area contributed by atoms with Crippen LogP contribution in [0.25, 0.3) is 0 Å². The lowest BCUT2D eigenvalue weighted by Crippen LogP contribution is -2.52. The molecule has 4 heteroatoms. The van der Waals surface area contributed by atoms with Gasteiger partial charge in [0.1, 0.15) is 6.10 Å². The van der Waals surface area contributed by atoms with E-state index in [0.717, 1.165) is 6.42 Å². The molecule has 0 radical (unpaired) electrons. The van der Waals surface area contributed by atoms with E-state index >= 15 is 0 Å². The first kappa shape index (κ1) is 12.0. The molecular formula is C8H17IN2O. The smallest absolute Gasteiger partial charge is 0.285 e. The van der Waals surface area contributed by atoms with Crippen LogP contribution in [0.5, 0.6) is 0 Å². The van der Waals surface area contributed by atoms with Crippen molar-refractivity contribution in [2.24, 2.45) is 4.99 Å². The van der Waals surface area contributed by atoms with Crippen molar-refractivity contribution < 1.29 is 4.74 Å². The van der Waals surface area contributed by atoms with Gasteiger partial charge >= 0.3 is 0 Å². The summed E-state index contributed by atoms with van der Waals surface area (Å²) in [5, 5.41) is 3.20. The van der Waals surface area contributed by atoms with Gasteiger partial charge in [0.2, 0.25) is 0 Å². The summed E-state index contributed by atoms with van der Waals surface area (Å²) in [5.74, 6) is 0. The van der Waals surface area contributed by atoms with Crippen molar-refractivity contribution in [1.82, 2.24) is 5.32 Å². The van der Waals surface area contributed by atoms with Crippen LogP contribution in [0, 0.1) is 0 Å². The zero-order valence-electron chi connectivity index (χ0n) is 8.05. The van der Waals surface area contributed by atoms with E-state index in [1.165, 1.54) is 0 Å². The molecule has 1 saturated heterocycles. The van der Waals surface area contributed by atoms with Crippen LogP contribution < -0.4 is 5.32 Å². The first-order valence-electron chi connectivity index (χ1n) is 3.95. The van der Waals surface area contributed by atoms with Gasteiger partial charge in [-0.1, -0.05) is 0 Å². The number of amidine groups is 1. The second-order valence-corrected chi connectivity index (χ2v) is 3.67. The van der Waals surface area contributed by atoms with Crippen LogP contribution >= 0.6 is 24.0 Å². The molecule has 1 rings (SSSR count). The van der Waals surface area contributed by atoms with Gasteiger partial charge in [-0.25, -0.2) is 4.99 Å². The van der Waals surface area contributed by atoms with Gasteiger partial charge in [-0.3, -0.25) is 0 Å². The Bertz CT molecular complexity index is 180. The molecule has 0 amide bonds. The minimum Gasteiger partial charge on any atom is -0.462 e. The maximum Gasteiger partial charge on any atom is 0.285 e. The highest BCUT2D eigenvalue weighted by molar-refractivity contribution is 14.0. The first-order chi connectivity index (χ1) is 5.03. The van der Waals surface area contributed by atoms with Crippen molar-refractivity contribution in [2.75, 3.05) is 7.05 Å². The normalized spacial score (nSPS) is 30.0. The molecule has 0 aromatic carbocycles. The molecule has 0 spiro atoms. The summed E-state index contributed by atoms with van der Waals surface area (Å²) in [5.41, 5.74) is 0.118. The first-order valence-corrected chi connectivity index (χ1v) is 3.95. The standard InChI is InChI=1S/C8H16N2O.HI/c1-6-5-8(2,3)10-7(9-4)11-6;/h6H,5H2,1-4H3,(H,9,10);1H. The molecule has 1 heterocycles. The minimum absolute atomic E-state index is 0. The summed E-state index contributed by atoms with van der Waals surface area (Å²) in [7, 11) is 1.73. The predicted molar refractivity (Wildman–Crippen MR) is 61.2 cm³/mol. The van der Waals surface area contributed by atoms with Crippen molar-refractivity contribution >= 4 is 30.0 Å². The number of ether oxygens (including phenoxy) is 1. The lowest BCUT2D eigenvalue weighted by Gasteiger charge is -2.36. The molecule has 0 aromatic rings. The van der Waals surface area contributed by atoms with Crippen molar-refractivity contribution in [3.8, 4) is 0 Å². The zero-order chi connectivity index (χ0) is 8.48. The van der Waals surface area contributed by atoms with Crippen LogP contribution in [0.4, 0.5) is 0 Å². The Balaban J connectivity index is 0.00000121. The van der Waals surface area contributed by atoms with Gasteiger partial charge in [0.15, 0.2) is 0 Å². The second-order valence-electron chi connectivity index (χ2n) is 3.67. The van der Waals surface area contributed by atoms with E-state index in [4.69, 9.17) is 4.74 Å². The predicted octanol–water partition coefficient (Wildman–Crippen LogP) is 1.77. The number of nitrogens with zero attached hydrogens (tertiary/aromatic N) is 1. The summed E-state index contributed by atoms with van der Waals surface area (Å²) < 4.78 is 5.41. The number of halogens is 1. The fourth-order valence-electron chi connectivity index (χ4n) is 1.43. The van der Waals surface area contributed by atoms with Crippen molar-refractivity contribution in [2.45, 2.75) is 38.8 Å². The maximum atomic E-state index is 5.41. The van der Waals surface area contributed by atoms with E-state index in [0.29, 0.717) is 6.02 Å². The Hall–Kier alpha value is 0. The number of hydrogen-bond donors (Lipinski definition) is 1. The van der Waals surface area contributed by atoms with E-state index in [1.54, 1.807) is 7.05 Å². The molecule has 72 valence electrons. The van der Waals surface area contributed by atoms with Gasteiger partial charge in [0.25, 0.3) is 6.02 Å². The van der Waals surface area contributed by atoms with Crippen LogP contribution in [0.3, 0.4) is 0 Å². The third-order valence-corrected chi connectivity index (χ3v) is 1.76. The highest BCUT2D eigenvalue weighted by atomic mass is 127. The topological polar surface area (TPSA) is 33.6 Å². The molecule has 1 aliphatic rings. The van der Waals surface area contributed by atoms with Gasteiger partial charge in [0, 0.05) is 19.0 Å². The Labute approximate surface area is 91.0 Å². The largest absolute Gasteiger partial charge is 0.462 e. The average molecular weight is 284 g/mol. The number of aliphatic imine (C=N–C) groups is 1. The summed E-state index contributed by atoms with van der Waals surface area (Å²) >= 11 is 0. The van der Waals surface area contributed by atoms with Crippen molar-refractivity contribution in [3.63, 3.8) is 0 Å². The lowest BCUT2D eigenvalue weighted by molar-refractivity contribution is 0.114. The number of hydrogen-bond acceptors (Lipinski definition) is 2. The Morgan fingerprint density at radius 3 is 2.58 bits per heavy atom. The van der Waals surface area contributed by atoms with Crippen molar-refractivity contribution in [3.05, 3.63) is 0 Å². The maximum absolute atomic E-state index is 5.41. The molecule has 0 aliphatic carbocycles. The quantitative estimate of drug-likeness (QED) is 0.688. The van der Waals surface area contributed by atoms with Crippen LogP contribution in [0.1, 0.15) is 27.2 Å². The molecular weight excluding hydrogens is 267 g/mol. The Morgan fingerprint density at radius 2 is 2.17 bits per heavy atom. The summed E-state index contributed by atoms with van der Waals surface area (Å²) in [6.45, 7) is 6.36. The highest BCUT2D eigenvalue weighted by Gasteiger charge is 2.29. The summed E-state index contributed by atoms with van der Waals surface area (Å²) in [4.78, 5) is 3.98. The molecule has 0 aromatic heterocycles. The average Bonchev–Trinajstić information content (AvgIpc) is 1.83. The van der Waals surface area contributed by atoms with Gasteiger partial charge in [-0.2, -0.15) is 0 Å². The van der Waals surface area contributed by atoms with E-state index in [1.807, 2.05) is 0 Å². The van der Waals surface area contributed by atoms with Gasteiger partial charge in [-0.15, -0.1) is 24.0 Å². The molecule has 1 aliphatic heterocycles. The molecule has 1 N–H and O–H groups in total. The summed E-state index contributed by atoms with van der Waals surface area (Å²) in [6, 6.07) is 0.661. The third kappa shape index (κ3) is 3.16. The van der Waals surface area contributed by atoms with E-state index in [-0.39, 0.29) is 35.6 Å². The molecule has 0 saturated carbocycles. The lowest BCUT2D eigenvalue weighted by atomic mass is 9.96. The van der Waals surface area contributed by atoms with E-state index in [2.05, 4.69) is 31.1 Å². The van der Waals surface area contributed by atoms with Crippen molar-refractivity contribution in [1.29, 1.82) is 0 Å².